The largest absolute Gasteiger partial charge is 0.496 e. The van der Waals surface area contributed by atoms with E-state index in [0.717, 1.165) is 41.0 Å². The minimum atomic E-state index is -0.424. The number of rotatable bonds is 7. The van der Waals surface area contributed by atoms with E-state index in [1.807, 2.05) is 24.3 Å². The fourth-order valence-corrected chi connectivity index (χ4v) is 4.54. The average molecular weight is 469 g/mol. The highest BCUT2D eigenvalue weighted by Crippen LogP contribution is 2.27. The summed E-state index contributed by atoms with van der Waals surface area (Å²) >= 11 is 0. The van der Waals surface area contributed by atoms with E-state index in [2.05, 4.69) is 15.5 Å². The number of imidazole rings is 1. The molecule has 2 aliphatic heterocycles. The van der Waals surface area contributed by atoms with Gasteiger partial charge in [-0.05, 0) is 25.0 Å². The molecule has 2 aliphatic rings. The Balaban J connectivity index is 1.47. The second kappa shape index (κ2) is 8.98. The lowest BCUT2D eigenvalue weighted by atomic mass is 10.0. The van der Waals surface area contributed by atoms with Gasteiger partial charge in [0.2, 0.25) is 5.95 Å². The highest BCUT2D eigenvalue weighted by Gasteiger charge is 2.28. The summed E-state index contributed by atoms with van der Waals surface area (Å²) in [6, 6.07) is 7.65. The van der Waals surface area contributed by atoms with E-state index in [1.165, 1.54) is 11.6 Å². The first-order valence-corrected chi connectivity index (χ1v) is 11.4. The maximum atomic E-state index is 13.1. The van der Waals surface area contributed by atoms with Crippen LogP contribution in [-0.4, -0.2) is 56.9 Å². The van der Waals surface area contributed by atoms with Gasteiger partial charge >= 0.3 is 5.69 Å². The van der Waals surface area contributed by atoms with Crippen LogP contribution >= 0.6 is 0 Å². The molecule has 0 saturated carbocycles. The van der Waals surface area contributed by atoms with Crippen molar-refractivity contribution in [3.8, 4) is 5.75 Å². The Hall–Kier alpha value is -3.60. The summed E-state index contributed by atoms with van der Waals surface area (Å²) in [6.07, 6.45) is 2.30. The third kappa shape index (κ3) is 3.85. The van der Waals surface area contributed by atoms with Gasteiger partial charge in [0.25, 0.3) is 5.56 Å². The summed E-state index contributed by atoms with van der Waals surface area (Å²) in [5.41, 5.74) is 1.49. The molecule has 34 heavy (non-hydrogen) atoms. The number of aromatic nitrogens is 4. The minimum absolute atomic E-state index is 0.0862. The number of fused-ring (bicyclic) bond motifs is 1. The van der Waals surface area contributed by atoms with Crippen LogP contribution in [0, 0.1) is 0 Å². The van der Waals surface area contributed by atoms with Gasteiger partial charge in [0, 0.05) is 39.2 Å². The van der Waals surface area contributed by atoms with Crippen molar-refractivity contribution in [2.75, 3.05) is 25.6 Å². The van der Waals surface area contributed by atoms with Crippen LogP contribution < -0.4 is 21.3 Å². The zero-order valence-corrected chi connectivity index (χ0v) is 19.5. The van der Waals surface area contributed by atoms with Crippen molar-refractivity contribution in [3.63, 3.8) is 0 Å². The van der Waals surface area contributed by atoms with E-state index >= 15 is 0 Å². The van der Waals surface area contributed by atoms with E-state index in [-0.39, 0.29) is 12.2 Å². The summed E-state index contributed by atoms with van der Waals surface area (Å²) in [4.78, 5) is 35.9. The van der Waals surface area contributed by atoms with Gasteiger partial charge in [0.05, 0.1) is 25.5 Å². The Morgan fingerprint density at radius 1 is 1.18 bits per heavy atom. The molecule has 5 rings (SSSR count). The third-order valence-corrected chi connectivity index (χ3v) is 6.40. The van der Waals surface area contributed by atoms with Crippen LogP contribution in [-0.2, 0) is 30.2 Å². The molecule has 0 bridgehead atoms. The van der Waals surface area contributed by atoms with Crippen molar-refractivity contribution in [2.24, 2.45) is 19.3 Å². The van der Waals surface area contributed by atoms with Crippen molar-refractivity contribution in [3.05, 3.63) is 50.7 Å². The standard InChI is InChI=1S/C23H28N6O5/c1-27-20-19(21(30)28(2)23(27)31)29(22(25-20)24-12-14-7-6-10-33-14)13-15-11-17(26-34-15)16-8-4-5-9-18(16)32-3/h4-5,8-9,14-15H,6-7,10-13H2,1-3H3,(H,24,25)/t14-,15+/m0/s1. The SMILES string of the molecule is COc1ccccc1C1=NO[C@@H](Cn2c(NC[C@@H]3CCCO3)nc3c2c(=O)n(C)c(=O)n3C)C1. The van der Waals surface area contributed by atoms with Gasteiger partial charge in [0.1, 0.15) is 5.75 Å². The lowest BCUT2D eigenvalue weighted by Gasteiger charge is -2.16. The van der Waals surface area contributed by atoms with E-state index in [1.54, 1.807) is 18.7 Å². The average Bonchev–Trinajstić information content (AvgIpc) is 3.61. The number of nitrogens with one attached hydrogen (secondary N) is 1. The van der Waals surface area contributed by atoms with Crippen molar-refractivity contribution in [1.29, 1.82) is 0 Å². The van der Waals surface area contributed by atoms with Gasteiger partial charge in [-0.3, -0.25) is 13.9 Å². The fourth-order valence-electron chi connectivity index (χ4n) is 4.54. The maximum Gasteiger partial charge on any atom is 0.332 e. The number of anilines is 1. The molecule has 2 atom stereocenters. The molecule has 0 amide bonds. The predicted octanol–water partition coefficient (Wildman–Crippen LogP) is 1.23. The Bertz CT molecular complexity index is 1360. The molecule has 2 aromatic heterocycles. The summed E-state index contributed by atoms with van der Waals surface area (Å²) < 4.78 is 15.4. The zero-order valence-electron chi connectivity index (χ0n) is 19.5. The van der Waals surface area contributed by atoms with Gasteiger partial charge in [-0.15, -0.1) is 0 Å². The highest BCUT2D eigenvalue weighted by molar-refractivity contribution is 6.03. The molecular weight excluding hydrogens is 440 g/mol. The smallest absolute Gasteiger partial charge is 0.332 e. The summed E-state index contributed by atoms with van der Waals surface area (Å²) in [5.74, 6) is 1.22. The Morgan fingerprint density at radius 3 is 2.76 bits per heavy atom. The van der Waals surface area contributed by atoms with E-state index < -0.39 is 11.2 Å². The van der Waals surface area contributed by atoms with Crippen LogP contribution in [0.25, 0.3) is 11.2 Å². The Kier molecular flexibility index (Phi) is 5.86. The summed E-state index contributed by atoms with van der Waals surface area (Å²) in [6.45, 7) is 1.64. The quantitative estimate of drug-likeness (QED) is 0.555. The molecule has 0 unspecified atom stereocenters. The summed E-state index contributed by atoms with van der Waals surface area (Å²) in [5, 5.41) is 7.61. The van der Waals surface area contributed by atoms with Crippen LogP contribution in [0.4, 0.5) is 5.95 Å². The lowest BCUT2D eigenvalue weighted by Crippen LogP contribution is -2.38. The van der Waals surface area contributed by atoms with Crippen molar-refractivity contribution < 1.29 is 14.3 Å². The number of oxime groups is 1. The van der Waals surface area contributed by atoms with Crippen LogP contribution in [0.2, 0.25) is 0 Å². The van der Waals surface area contributed by atoms with E-state index in [0.29, 0.717) is 36.6 Å². The van der Waals surface area contributed by atoms with Crippen molar-refractivity contribution >= 4 is 22.8 Å². The molecule has 0 radical (unpaired) electrons. The zero-order chi connectivity index (χ0) is 23.8. The monoisotopic (exact) mass is 468 g/mol. The molecule has 11 nitrogen and oxygen atoms in total. The Labute approximate surface area is 195 Å². The molecule has 1 N–H and O–H groups in total. The minimum Gasteiger partial charge on any atom is -0.496 e. The van der Waals surface area contributed by atoms with E-state index in [4.69, 9.17) is 14.3 Å². The second-order valence-corrected chi connectivity index (χ2v) is 8.61. The molecular formula is C23H28N6O5. The third-order valence-electron chi connectivity index (χ3n) is 6.40. The first kappa shape index (κ1) is 22.2. The first-order valence-electron chi connectivity index (χ1n) is 11.4. The molecule has 1 aromatic carbocycles. The molecule has 180 valence electrons. The molecule has 1 saturated heterocycles. The number of hydrogen-bond acceptors (Lipinski definition) is 8. The normalized spacial score (nSPS) is 19.9. The molecule has 3 aromatic rings. The van der Waals surface area contributed by atoms with Crippen LogP contribution in [0.5, 0.6) is 5.75 Å². The number of benzene rings is 1. The number of para-hydroxylation sites is 1. The van der Waals surface area contributed by atoms with Crippen molar-refractivity contribution in [1.82, 2.24) is 18.7 Å². The second-order valence-electron chi connectivity index (χ2n) is 8.61. The van der Waals surface area contributed by atoms with Crippen LogP contribution in [0.1, 0.15) is 24.8 Å². The molecule has 4 heterocycles. The highest BCUT2D eigenvalue weighted by atomic mass is 16.6. The van der Waals surface area contributed by atoms with Gasteiger partial charge in [-0.1, -0.05) is 17.3 Å². The molecule has 0 spiro atoms. The maximum absolute atomic E-state index is 13.1. The number of hydrogen-bond donors (Lipinski definition) is 1. The first-order chi connectivity index (χ1) is 16.5. The summed E-state index contributed by atoms with van der Waals surface area (Å²) in [7, 11) is 4.70. The van der Waals surface area contributed by atoms with E-state index in [9.17, 15) is 9.59 Å². The predicted molar refractivity (Wildman–Crippen MR) is 127 cm³/mol. The number of ether oxygens (including phenoxy) is 2. The number of aryl methyl sites for hydroxylation is 1. The lowest BCUT2D eigenvalue weighted by molar-refractivity contribution is 0.0736. The van der Waals surface area contributed by atoms with Gasteiger partial charge < -0.3 is 24.2 Å². The van der Waals surface area contributed by atoms with Gasteiger partial charge in [-0.25, -0.2) is 4.79 Å². The molecule has 11 heteroatoms. The molecule has 1 fully saturated rings. The molecule has 0 aliphatic carbocycles. The topological polar surface area (TPSA) is 114 Å². The van der Waals surface area contributed by atoms with Crippen LogP contribution in [0.15, 0.2) is 39.0 Å². The van der Waals surface area contributed by atoms with Crippen LogP contribution in [0.3, 0.4) is 0 Å². The number of nitrogens with zero attached hydrogens (tertiary/aromatic N) is 5. The van der Waals surface area contributed by atoms with Gasteiger partial charge in [-0.2, -0.15) is 4.98 Å². The number of methoxy groups -OCH3 is 1. The van der Waals surface area contributed by atoms with Gasteiger partial charge in [0.15, 0.2) is 17.3 Å². The van der Waals surface area contributed by atoms with Crippen molar-refractivity contribution in [2.45, 2.75) is 38.0 Å². The Morgan fingerprint density at radius 2 is 2.00 bits per heavy atom. The fraction of sp³-hybridized carbons (Fsp3) is 0.478.